The van der Waals surface area contributed by atoms with E-state index in [-0.39, 0.29) is 6.61 Å². The Morgan fingerprint density at radius 3 is 2.41 bits per heavy atom. The molecule has 2 N–H and O–H groups in total. The summed E-state index contributed by atoms with van der Waals surface area (Å²) < 4.78 is 12.9. The molecule has 6 nitrogen and oxygen atoms in total. The summed E-state index contributed by atoms with van der Waals surface area (Å²) in [5.74, 6) is 0.291. The minimum absolute atomic E-state index is 0.200. The van der Waals surface area contributed by atoms with E-state index in [1.54, 1.807) is 0 Å². The number of aliphatic hydroxyl groups is 2. The molecule has 6 heteroatoms. The predicted molar refractivity (Wildman–Crippen MR) is 125 cm³/mol. The number of hydrogen-bond acceptors (Lipinski definition) is 5. The van der Waals surface area contributed by atoms with Crippen LogP contribution in [0.25, 0.3) is 22.2 Å². The monoisotopic (exact) mass is 437 g/mol. The first-order chi connectivity index (χ1) is 15.5. The van der Waals surface area contributed by atoms with Gasteiger partial charge in [-0.25, -0.2) is 4.79 Å². The molecule has 0 radical (unpaired) electrons. The summed E-state index contributed by atoms with van der Waals surface area (Å²) in [6, 6.07) is 18.5. The maximum Gasteiger partial charge on any atom is 0.330 e. The van der Waals surface area contributed by atoms with Gasteiger partial charge >= 0.3 is 5.97 Å². The molecule has 0 saturated heterocycles. The molecule has 0 spiro atoms. The predicted octanol–water partition coefficient (Wildman–Crippen LogP) is 4.24. The van der Waals surface area contributed by atoms with Crippen LogP contribution in [0.1, 0.15) is 25.7 Å². The fraction of sp³-hybridized carbons (Fsp3) is 0.346. The van der Waals surface area contributed by atoms with Crippen molar-refractivity contribution in [1.29, 1.82) is 0 Å². The first-order valence-electron chi connectivity index (χ1n) is 10.9. The molecule has 0 aliphatic rings. The first-order valence-corrected chi connectivity index (χ1v) is 10.9. The average Bonchev–Trinajstić information content (AvgIpc) is 3.15. The second-order valence-corrected chi connectivity index (χ2v) is 7.81. The Balaban J connectivity index is 1.45. The first kappa shape index (κ1) is 23.6. The third-order valence-electron chi connectivity index (χ3n) is 5.50. The second kappa shape index (κ2) is 11.5. The van der Waals surface area contributed by atoms with E-state index in [2.05, 4.69) is 35.4 Å². The topological polar surface area (TPSA) is 80.9 Å². The number of aromatic nitrogens is 1. The zero-order chi connectivity index (χ0) is 22.9. The summed E-state index contributed by atoms with van der Waals surface area (Å²) in [7, 11) is 2.05. The van der Waals surface area contributed by atoms with Crippen molar-refractivity contribution in [1.82, 2.24) is 4.57 Å². The smallest absolute Gasteiger partial charge is 0.330 e. The molecule has 3 rings (SSSR count). The number of ether oxygens (including phenoxy) is 2. The largest absolute Gasteiger partial charge is 0.494 e. The molecule has 0 aliphatic heterocycles. The molecule has 0 amide bonds. The van der Waals surface area contributed by atoms with Crippen LogP contribution in [0.4, 0.5) is 0 Å². The SMILES string of the molecule is C=CC(=O)OCCCC(O)C(O)CCCOc1ccc2cc(-c3ccccc3)n(C)c2c1. The summed E-state index contributed by atoms with van der Waals surface area (Å²) >= 11 is 0. The zero-order valence-corrected chi connectivity index (χ0v) is 18.4. The molecule has 32 heavy (non-hydrogen) atoms. The van der Waals surface area contributed by atoms with E-state index in [0.29, 0.717) is 32.3 Å². The highest BCUT2D eigenvalue weighted by Crippen LogP contribution is 2.29. The Hall–Kier alpha value is -3.09. The number of nitrogens with zero attached hydrogens (tertiary/aromatic N) is 1. The maximum absolute atomic E-state index is 11.0. The number of fused-ring (bicyclic) bond motifs is 1. The number of aryl methyl sites for hydroxylation is 1. The van der Waals surface area contributed by atoms with Gasteiger partial charge in [-0.1, -0.05) is 36.9 Å². The van der Waals surface area contributed by atoms with Crippen molar-refractivity contribution < 1.29 is 24.5 Å². The molecule has 0 bridgehead atoms. The Kier molecular flexibility index (Phi) is 8.48. The Labute approximate surface area is 188 Å². The lowest BCUT2D eigenvalue weighted by molar-refractivity contribution is -0.138. The molecule has 1 aromatic heterocycles. The van der Waals surface area contributed by atoms with Crippen LogP contribution < -0.4 is 4.74 Å². The van der Waals surface area contributed by atoms with Crippen LogP contribution in [-0.4, -0.2) is 46.2 Å². The third kappa shape index (κ3) is 6.22. The lowest BCUT2D eigenvalue weighted by atomic mass is 10.0. The molecule has 3 aromatic rings. The zero-order valence-electron chi connectivity index (χ0n) is 18.4. The molecule has 2 atom stereocenters. The number of benzene rings is 2. The van der Waals surface area contributed by atoms with Crippen LogP contribution >= 0.6 is 0 Å². The molecule has 1 heterocycles. The summed E-state index contributed by atoms with van der Waals surface area (Å²) in [6.45, 7) is 3.97. The minimum atomic E-state index is -0.853. The fourth-order valence-corrected chi connectivity index (χ4v) is 3.68. The van der Waals surface area contributed by atoms with E-state index < -0.39 is 18.2 Å². The number of hydrogen-bond donors (Lipinski definition) is 2. The van der Waals surface area contributed by atoms with Gasteiger partial charge in [0.05, 0.1) is 30.9 Å². The normalized spacial score (nSPS) is 13.0. The van der Waals surface area contributed by atoms with Crippen LogP contribution in [0.2, 0.25) is 0 Å². The van der Waals surface area contributed by atoms with Gasteiger partial charge in [-0.05, 0) is 49.4 Å². The van der Waals surface area contributed by atoms with Crippen LogP contribution in [-0.2, 0) is 16.6 Å². The van der Waals surface area contributed by atoms with Gasteiger partial charge in [0.15, 0.2) is 0 Å². The van der Waals surface area contributed by atoms with Crippen molar-refractivity contribution in [3.63, 3.8) is 0 Å². The van der Waals surface area contributed by atoms with Gasteiger partial charge in [0.2, 0.25) is 0 Å². The summed E-state index contributed by atoms with van der Waals surface area (Å²) in [5.41, 5.74) is 3.41. The third-order valence-corrected chi connectivity index (χ3v) is 5.50. The van der Waals surface area contributed by atoms with Crippen molar-refractivity contribution in [3.05, 3.63) is 67.3 Å². The quantitative estimate of drug-likeness (QED) is 0.252. The molecule has 170 valence electrons. The highest BCUT2D eigenvalue weighted by Gasteiger charge is 2.16. The van der Waals surface area contributed by atoms with Crippen molar-refractivity contribution in [2.75, 3.05) is 13.2 Å². The van der Waals surface area contributed by atoms with Crippen molar-refractivity contribution in [2.24, 2.45) is 7.05 Å². The second-order valence-electron chi connectivity index (χ2n) is 7.81. The maximum atomic E-state index is 11.0. The number of rotatable bonds is 12. The van der Waals surface area contributed by atoms with Gasteiger partial charge in [0.1, 0.15) is 5.75 Å². The fourth-order valence-electron chi connectivity index (χ4n) is 3.68. The summed E-state index contributed by atoms with van der Waals surface area (Å²) in [4.78, 5) is 11.0. The van der Waals surface area contributed by atoms with Crippen molar-refractivity contribution in [3.8, 4) is 17.0 Å². The van der Waals surface area contributed by atoms with E-state index >= 15 is 0 Å². The van der Waals surface area contributed by atoms with Crippen molar-refractivity contribution >= 4 is 16.9 Å². The van der Waals surface area contributed by atoms with E-state index in [9.17, 15) is 15.0 Å². The lowest BCUT2D eigenvalue weighted by Crippen LogP contribution is -2.26. The minimum Gasteiger partial charge on any atom is -0.494 e. The number of carbonyl (C=O) groups is 1. The standard InChI is InChI=1S/C26H31NO5/c1-3-26(30)32-16-8-12-25(29)24(28)11-7-15-31-21-14-13-20-17-22(27(2)23(20)18-21)19-9-5-4-6-10-19/h3-6,9-10,13-14,17-18,24-25,28-29H,1,7-8,11-12,15-16H2,2H3. The van der Waals surface area contributed by atoms with Crippen LogP contribution in [0.3, 0.4) is 0 Å². The highest BCUT2D eigenvalue weighted by molar-refractivity contribution is 5.88. The van der Waals surface area contributed by atoms with Gasteiger partial charge in [0.25, 0.3) is 0 Å². The van der Waals surface area contributed by atoms with E-state index in [1.807, 2.05) is 37.4 Å². The van der Waals surface area contributed by atoms with E-state index in [0.717, 1.165) is 28.4 Å². The van der Waals surface area contributed by atoms with E-state index in [1.165, 1.54) is 5.56 Å². The van der Waals surface area contributed by atoms with Crippen molar-refractivity contribution in [2.45, 2.75) is 37.9 Å². The molecular formula is C26H31NO5. The number of esters is 1. The van der Waals surface area contributed by atoms with Gasteiger partial charge < -0.3 is 24.3 Å². The average molecular weight is 438 g/mol. The van der Waals surface area contributed by atoms with Gasteiger partial charge in [-0.15, -0.1) is 0 Å². The van der Waals surface area contributed by atoms with Gasteiger partial charge in [0, 0.05) is 30.3 Å². The highest BCUT2D eigenvalue weighted by atomic mass is 16.5. The van der Waals surface area contributed by atoms with Gasteiger partial charge in [-0.2, -0.15) is 0 Å². The van der Waals surface area contributed by atoms with Crippen LogP contribution in [0.15, 0.2) is 67.3 Å². The Morgan fingerprint density at radius 2 is 1.72 bits per heavy atom. The Morgan fingerprint density at radius 1 is 1.03 bits per heavy atom. The molecule has 0 aliphatic carbocycles. The molecule has 0 saturated carbocycles. The number of aliphatic hydroxyl groups excluding tert-OH is 2. The molecule has 2 aromatic carbocycles. The summed E-state index contributed by atoms with van der Waals surface area (Å²) in [6.07, 6.45) is 1.30. The van der Waals surface area contributed by atoms with Gasteiger partial charge in [-0.3, -0.25) is 0 Å². The Bertz CT molecular complexity index is 1030. The van der Waals surface area contributed by atoms with Crippen LogP contribution in [0.5, 0.6) is 5.75 Å². The summed E-state index contributed by atoms with van der Waals surface area (Å²) in [5, 5.41) is 21.3. The number of carbonyl (C=O) groups excluding carboxylic acids is 1. The molecule has 2 unspecified atom stereocenters. The molecular weight excluding hydrogens is 406 g/mol. The van der Waals surface area contributed by atoms with Crippen LogP contribution in [0, 0.1) is 0 Å². The lowest BCUT2D eigenvalue weighted by Gasteiger charge is -2.17. The van der Waals surface area contributed by atoms with E-state index in [4.69, 9.17) is 9.47 Å². The molecule has 0 fully saturated rings.